The number of aromatic nitrogens is 1. The number of benzene rings is 2. The maximum absolute atomic E-state index is 12.8. The Morgan fingerprint density at radius 1 is 1.03 bits per heavy atom. The van der Waals surface area contributed by atoms with Crippen LogP contribution < -0.4 is 5.32 Å². The largest absolute Gasteiger partial charge is 0.445 e. The Hall–Kier alpha value is -2.97. The quantitative estimate of drug-likeness (QED) is 0.616. The molecule has 0 saturated carbocycles. The highest BCUT2D eigenvalue weighted by Crippen LogP contribution is 2.29. The smallest absolute Gasteiger partial charge is 0.408 e. The zero-order valence-electron chi connectivity index (χ0n) is 18.4. The van der Waals surface area contributed by atoms with Gasteiger partial charge in [0.05, 0.1) is 16.3 Å². The van der Waals surface area contributed by atoms with Crippen molar-refractivity contribution in [2.75, 3.05) is 26.2 Å². The number of thiazole rings is 1. The molecule has 2 aromatic carbocycles. The van der Waals surface area contributed by atoms with Crippen molar-refractivity contribution < 1.29 is 14.3 Å². The molecule has 168 valence electrons. The fourth-order valence-electron chi connectivity index (χ4n) is 3.83. The minimum Gasteiger partial charge on any atom is -0.445 e. The van der Waals surface area contributed by atoms with Crippen molar-refractivity contribution in [1.29, 1.82) is 0 Å². The van der Waals surface area contributed by atoms with Crippen LogP contribution in [0.4, 0.5) is 4.79 Å². The first-order chi connectivity index (χ1) is 15.5. The van der Waals surface area contributed by atoms with Gasteiger partial charge in [0, 0.05) is 26.2 Å². The summed E-state index contributed by atoms with van der Waals surface area (Å²) in [4.78, 5) is 33.8. The van der Waals surface area contributed by atoms with Gasteiger partial charge in [0.1, 0.15) is 17.7 Å². The molecule has 0 bridgehead atoms. The third-order valence-corrected chi connectivity index (χ3v) is 6.97. The van der Waals surface area contributed by atoms with Crippen molar-refractivity contribution >= 4 is 33.6 Å². The first kappa shape index (κ1) is 22.2. The average molecular weight is 453 g/mol. The maximum Gasteiger partial charge on any atom is 0.408 e. The van der Waals surface area contributed by atoms with Crippen LogP contribution in [0.2, 0.25) is 0 Å². The van der Waals surface area contributed by atoms with Gasteiger partial charge >= 0.3 is 6.09 Å². The lowest BCUT2D eigenvalue weighted by Gasteiger charge is -2.38. The van der Waals surface area contributed by atoms with Gasteiger partial charge < -0.3 is 15.0 Å². The van der Waals surface area contributed by atoms with E-state index in [4.69, 9.17) is 9.72 Å². The minimum atomic E-state index is -0.633. The molecule has 1 N–H and O–H groups in total. The summed E-state index contributed by atoms with van der Waals surface area (Å²) < 4.78 is 6.42. The summed E-state index contributed by atoms with van der Waals surface area (Å²) in [6.07, 6.45) is -0.585. The van der Waals surface area contributed by atoms with Crippen LogP contribution in [0.25, 0.3) is 10.2 Å². The molecule has 3 aromatic rings. The molecular formula is C24H28N4O3S. The normalized spacial score (nSPS) is 16.5. The second-order valence-corrected chi connectivity index (χ2v) is 9.05. The SMILES string of the molecule is C[C@@H](NC(=O)OCc1ccccc1)C(=O)N1CCN([C@@H](C)c2nc3ccccc3s2)CC1. The van der Waals surface area contributed by atoms with Crippen molar-refractivity contribution in [1.82, 2.24) is 20.1 Å². The zero-order chi connectivity index (χ0) is 22.5. The van der Waals surface area contributed by atoms with E-state index < -0.39 is 12.1 Å². The number of hydrogen-bond acceptors (Lipinski definition) is 6. The summed E-state index contributed by atoms with van der Waals surface area (Å²) in [5, 5.41) is 3.75. The topological polar surface area (TPSA) is 74.8 Å². The molecule has 1 fully saturated rings. The van der Waals surface area contributed by atoms with E-state index in [0.29, 0.717) is 13.1 Å². The minimum absolute atomic E-state index is 0.0889. The van der Waals surface area contributed by atoms with Gasteiger partial charge in [-0.15, -0.1) is 11.3 Å². The van der Waals surface area contributed by atoms with E-state index in [1.807, 2.05) is 53.4 Å². The van der Waals surface area contributed by atoms with Crippen LogP contribution in [-0.2, 0) is 16.1 Å². The van der Waals surface area contributed by atoms with E-state index >= 15 is 0 Å². The molecule has 0 spiro atoms. The number of amides is 2. The molecule has 2 amide bonds. The Morgan fingerprint density at radius 3 is 2.44 bits per heavy atom. The standard InChI is InChI=1S/C24H28N4O3S/c1-17(25-24(30)31-16-19-8-4-3-5-9-19)23(29)28-14-12-27(13-15-28)18(2)22-26-20-10-6-7-11-21(20)32-22/h3-11,17-18H,12-16H2,1-2H3,(H,25,30)/t17-,18+/m1/s1. The summed E-state index contributed by atoms with van der Waals surface area (Å²) in [7, 11) is 0. The molecule has 4 rings (SSSR count). The highest BCUT2D eigenvalue weighted by atomic mass is 32.1. The molecule has 0 unspecified atom stereocenters. The van der Waals surface area contributed by atoms with Gasteiger partial charge in [-0.3, -0.25) is 9.69 Å². The Morgan fingerprint density at radius 2 is 1.72 bits per heavy atom. The third kappa shape index (κ3) is 5.26. The van der Waals surface area contributed by atoms with E-state index in [0.717, 1.165) is 29.2 Å². The summed E-state index contributed by atoms with van der Waals surface area (Å²) in [6, 6.07) is 17.2. The van der Waals surface area contributed by atoms with E-state index in [1.54, 1.807) is 18.3 Å². The first-order valence-electron chi connectivity index (χ1n) is 10.9. The van der Waals surface area contributed by atoms with Crippen LogP contribution in [-0.4, -0.2) is 59.0 Å². The molecule has 32 heavy (non-hydrogen) atoms. The molecular weight excluding hydrogens is 424 g/mol. The molecule has 0 radical (unpaired) electrons. The lowest BCUT2D eigenvalue weighted by atomic mass is 10.2. The molecule has 7 nitrogen and oxygen atoms in total. The van der Waals surface area contributed by atoms with Crippen LogP contribution >= 0.6 is 11.3 Å². The first-order valence-corrected chi connectivity index (χ1v) is 11.7. The van der Waals surface area contributed by atoms with Crippen molar-refractivity contribution in [3.8, 4) is 0 Å². The lowest BCUT2D eigenvalue weighted by molar-refractivity contribution is -0.135. The fourth-order valence-corrected chi connectivity index (χ4v) is 4.89. The predicted molar refractivity (Wildman–Crippen MR) is 125 cm³/mol. The Balaban J connectivity index is 1.24. The number of fused-ring (bicyclic) bond motifs is 1. The molecule has 1 saturated heterocycles. The highest BCUT2D eigenvalue weighted by molar-refractivity contribution is 7.18. The second-order valence-electron chi connectivity index (χ2n) is 7.98. The van der Waals surface area contributed by atoms with Crippen LogP contribution in [0.1, 0.15) is 30.5 Å². The molecule has 0 aliphatic carbocycles. The van der Waals surface area contributed by atoms with Gasteiger partial charge in [-0.1, -0.05) is 42.5 Å². The number of nitrogens with one attached hydrogen (secondary N) is 1. The van der Waals surface area contributed by atoms with Crippen LogP contribution in [0.5, 0.6) is 0 Å². The van der Waals surface area contributed by atoms with E-state index in [-0.39, 0.29) is 18.6 Å². The Labute approximate surface area is 192 Å². The van der Waals surface area contributed by atoms with Crippen LogP contribution in [0.3, 0.4) is 0 Å². The van der Waals surface area contributed by atoms with E-state index in [9.17, 15) is 9.59 Å². The summed E-state index contributed by atoms with van der Waals surface area (Å²) >= 11 is 1.73. The fraction of sp³-hybridized carbons (Fsp3) is 0.375. The number of para-hydroxylation sites is 1. The van der Waals surface area contributed by atoms with Crippen molar-refractivity contribution in [2.24, 2.45) is 0 Å². The highest BCUT2D eigenvalue weighted by Gasteiger charge is 2.29. The molecule has 1 aromatic heterocycles. The van der Waals surface area contributed by atoms with Crippen molar-refractivity contribution in [2.45, 2.75) is 32.5 Å². The Bertz CT molecular complexity index is 1030. The molecule has 8 heteroatoms. The van der Waals surface area contributed by atoms with Gasteiger partial charge in [0.25, 0.3) is 0 Å². The monoisotopic (exact) mass is 452 g/mol. The van der Waals surface area contributed by atoms with Crippen molar-refractivity contribution in [3.05, 3.63) is 65.2 Å². The summed E-state index contributed by atoms with van der Waals surface area (Å²) in [6.45, 7) is 6.83. The summed E-state index contributed by atoms with van der Waals surface area (Å²) in [5.41, 5.74) is 1.94. The predicted octanol–water partition coefficient (Wildman–Crippen LogP) is 3.82. The maximum atomic E-state index is 12.8. The number of alkyl carbamates (subject to hydrolysis) is 1. The van der Waals surface area contributed by atoms with Crippen LogP contribution in [0.15, 0.2) is 54.6 Å². The van der Waals surface area contributed by atoms with Gasteiger partial charge in [-0.05, 0) is 31.5 Å². The number of nitrogens with zero attached hydrogens (tertiary/aromatic N) is 3. The molecule has 1 aliphatic rings. The number of ether oxygens (including phenoxy) is 1. The van der Waals surface area contributed by atoms with Gasteiger partial charge in [0.2, 0.25) is 5.91 Å². The number of rotatable bonds is 6. The Kier molecular flexibility index (Phi) is 7.02. The molecule has 2 atom stereocenters. The molecule has 1 aliphatic heterocycles. The van der Waals surface area contributed by atoms with Crippen LogP contribution in [0, 0.1) is 0 Å². The second kappa shape index (κ2) is 10.1. The van der Waals surface area contributed by atoms with Crippen molar-refractivity contribution in [3.63, 3.8) is 0 Å². The lowest BCUT2D eigenvalue weighted by Crippen LogP contribution is -2.54. The average Bonchev–Trinajstić information content (AvgIpc) is 3.27. The van der Waals surface area contributed by atoms with E-state index in [1.165, 1.54) is 4.70 Å². The van der Waals surface area contributed by atoms with Gasteiger partial charge in [0.15, 0.2) is 0 Å². The van der Waals surface area contributed by atoms with E-state index in [2.05, 4.69) is 23.2 Å². The molecule has 2 heterocycles. The zero-order valence-corrected chi connectivity index (χ0v) is 19.2. The number of hydrogen-bond donors (Lipinski definition) is 1. The van der Waals surface area contributed by atoms with Gasteiger partial charge in [-0.2, -0.15) is 0 Å². The number of carbonyl (C=O) groups is 2. The number of carbonyl (C=O) groups excluding carboxylic acids is 2. The van der Waals surface area contributed by atoms with Gasteiger partial charge in [-0.25, -0.2) is 9.78 Å². The third-order valence-electron chi connectivity index (χ3n) is 5.76. The summed E-state index contributed by atoms with van der Waals surface area (Å²) in [5.74, 6) is -0.0889. The number of piperazine rings is 1.